The van der Waals surface area contributed by atoms with Crippen LogP contribution in [-0.4, -0.2) is 24.0 Å². The van der Waals surface area contributed by atoms with Gasteiger partial charge < -0.3 is 9.47 Å². The molecule has 0 saturated carbocycles. The Morgan fingerprint density at radius 2 is 1.80 bits per heavy atom. The fourth-order valence-electron chi connectivity index (χ4n) is 2.52. The van der Waals surface area contributed by atoms with E-state index in [0.717, 1.165) is 5.56 Å². The van der Waals surface area contributed by atoms with Gasteiger partial charge in [-0.1, -0.05) is 12.1 Å². The molecule has 0 bridgehead atoms. The summed E-state index contributed by atoms with van der Waals surface area (Å²) in [5.74, 6) is 0.839. The molecule has 0 fully saturated rings. The van der Waals surface area contributed by atoms with Gasteiger partial charge >= 0.3 is 0 Å². The number of hydrogen-bond donors (Lipinski definition) is 0. The Morgan fingerprint density at radius 3 is 2.52 bits per heavy atom. The summed E-state index contributed by atoms with van der Waals surface area (Å²) in [5.41, 5.74) is 1.80. The van der Waals surface area contributed by atoms with E-state index in [9.17, 15) is 9.18 Å². The van der Waals surface area contributed by atoms with Crippen LogP contribution in [0.4, 0.5) is 4.39 Å². The quantitative estimate of drug-likeness (QED) is 0.716. The van der Waals surface area contributed by atoms with Crippen LogP contribution in [0, 0.1) is 5.82 Å². The Bertz CT molecular complexity index is 953. The molecule has 25 heavy (non-hydrogen) atoms. The summed E-state index contributed by atoms with van der Waals surface area (Å²) in [7, 11) is 3.12. The Kier molecular flexibility index (Phi) is 4.79. The van der Waals surface area contributed by atoms with Crippen molar-refractivity contribution in [3.05, 3.63) is 76.3 Å². The number of methoxy groups -OCH3 is 2. The number of rotatable bonds is 5. The van der Waals surface area contributed by atoms with Gasteiger partial charge in [0.25, 0.3) is 5.56 Å². The Labute approximate surface area is 144 Å². The van der Waals surface area contributed by atoms with Gasteiger partial charge in [0.15, 0.2) is 11.5 Å². The van der Waals surface area contributed by atoms with Crippen LogP contribution in [0.25, 0.3) is 11.3 Å². The minimum atomic E-state index is -0.346. The lowest BCUT2D eigenvalue weighted by atomic mass is 10.1. The molecule has 0 amide bonds. The molecule has 3 aromatic rings. The third-order valence-corrected chi connectivity index (χ3v) is 3.77. The number of benzene rings is 2. The third-order valence-electron chi connectivity index (χ3n) is 3.77. The highest BCUT2D eigenvalue weighted by Gasteiger charge is 2.09. The van der Waals surface area contributed by atoms with Gasteiger partial charge in [-0.15, -0.1) is 0 Å². The van der Waals surface area contributed by atoms with Crippen LogP contribution in [0.3, 0.4) is 0 Å². The van der Waals surface area contributed by atoms with Crippen LogP contribution in [0.15, 0.2) is 59.4 Å². The predicted octanol–water partition coefficient (Wildman–Crippen LogP) is 3.11. The maximum absolute atomic E-state index is 13.3. The van der Waals surface area contributed by atoms with Crippen molar-refractivity contribution in [3.8, 4) is 22.8 Å². The van der Waals surface area contributed by atoms with Gasteiger partial charge in [0, 0.05) is 11.6 Å². The predicted molar refractivity (Wildman–Crippen MR) is 92.5 cm³/mol. The molecule has 1 aromatic heterocycles. The van der Waals surface area contributed by atoms with E-state index >= 15 is 0 Å². The first-order chi connectivity index (χ1) is 12.1. The van der Waals surface area contributed by atoms with E-state index in [1.54, 1.807) is 44.6 Å². The summed E-state index contributed by atoms with van der Waals surface area (Å²) in [4.78, 5) is 12.1. The highest BCUT2D eigenvalue weighted by Crippen LogP contribution is 2.31. The largest absolute Gasteiger partial charge is 0.493 e. The number of ether oxygens (including phenoxy) is 2. The topological polar surface area (TPSA) is 53.4 Å². The molecule has 0 aliphatic heterocycles. The minimum absolute atomic E-state index is 0.192. The van der Waals surface area contributed by atoms with Crippen molar-refractivity contribution in [2.24, 2.45) is 0 Å². The second-order valence-electron chi connectivity index (χ2n) is 5.41. The summed E-state index contributed by atoms with van der Waals surface area (Å²) in [5, 5.41) is 4.38. The molecular weight excluding hydrogens is 323 g/mol. The zero-order valence-corrected chi connectivity index (χ0v) is 13.9. The van der Waals surface area contributed by atoms with E-state index in [1.807, 2.05) is 6.07 Å². The molecule has 2 aromatic carbocycles. The molecule has 0 aliphatic carbocycles. The smallest absolute Gasteiger partial charge is 0.267 e. The summed E-state index contributed by atoms with van der Waals surface area (Å²) < 4.78 is 25.2. The van der Waals surface area contributed by atoms with Crippen molar-refractivity contribution < 1.29 is 13.9 Å². The van der Waals surface area contributed by atoms with E-state index < -0.39 is 0 Å². The van der Waals surface area contributed by atoms with Gasteiger partial charge in [-0.25, -0.2) is 9.07 Å². The maximum atomic E-state index is 13.3. The lowest BCUT2D eigenvalue weighted by Gasteiger charge is -2.11. The van der Waals surface area contributed by atoms with Crippen molar-refractivity contribution in [3.63, 3.8) is 0 Å². The molecule has 5 nitrogen and oxygen atoms in total. The molecule has 6 heteroatoms. The van der Waals surface area contributed by atoms with Crippen molar-refractivity contribution in [2.75, 3.05) is 14.2 Å². The van der Waals surface area contributed by atoms with Crippen LogP contribution in [0.5, 0.6) is 11.5 Å². The van der Waals surface area contributed by atoms with E-state index in [1.165, 1.54) is 22.9 Å². The fourth-order valence-corrected chi connectivity index (χ4v) is 2.52. The maximum Gasteiger partial charge on any atom is 0.267 e. The third kappa shape index (κ3) is 3.68. The van der Waals surface area contributed by atoms with Crippen LogP contribution in [0.1, 0.15) is 5.56 Å². The standard InChI is InChI=1S/C19H17FN2O3/c1-24-17-8-6-14(11-18(17)25-2)16-7-9-19(23)22(21-16)12-13-4-3-5-15(20)10-13/h3-11H,12H2,1-2H3. The summed E-state index contributed by atoms with van der Waals surface area (Å²) in [6.45, 7) is 0.192. The Balaban J connectivity index is 1.98. The molecule has 128 valence electrons. The summed E-state index contributed by atoms with van der Waals surface area (Å²) in [6.07, 6.45) is 0. The number of halogens is 1. The van der Waals surface area contributed by atoms with Crippen LogP contribution in [0.2, 0.25) is 0 Å². The molecule has 0 unspecified atom stereocenters. The average Bonchev–Trinajstić information content (AvgIpc) is 2.63. The number of hydrogen-bond acceptors (Lipinski definition) is 4. The van der Waals surface area contributed by atoms with Gasteiger partial charge in [-0.2, -0.15) is 5.10 Å². The fraction of sp³-hybridized carbons (Fsp3) is 0.158. The van der Waals surface area contributed by atoms with Crippen LogP contribution >= 0.6 is 0 Å². The zero-order chi connectivity index (χ0) is 17.8. The first kappa shape index (κ1) is 16.7. The van der Waals surface area contributed by atoms with E-state index in [-0.39, 0.29) is 17.9 Å². The zero-order valence-electron chi connectivity index (χ0n) is 13.9. The van der Waals surface area contributed by atoms with Crippen molar-refractivity contribution in [1.82, 2.24) is 9.78 Å². The van der Waals surface area contributed by atoms with E-state index in [0.29, 0.717) is 22.8 Å². The summed E-state index contributed by atoms with van der Waals surface area (Å²) in [6, 6.07) is 14.6. The second kappa shape index (κ2) is 7.17. The van der Waals surface area contributed by atoms with Crippen molar-refractivity contribution in [1.29, 1.82) is 0 Å². The molecule has 0 aliphatic rings. The monoisotopic (exact) mass is 340 g/mol. The highest BCUT2D eigenvalue weighted by atomic mass is 19.1. The van der Waals surface area contributed by atoms with Gasteiger partial charge in [0.2, 0.25) is 0 Å². The molecule has 0 radical (unpaired) electrons. The first-order valence-corrected chi connectivity index (χ1v) is 7.65. The molecular formula is C19H17FN2O3. The van der Waals surface area contributed by atoms with Gasteiger partial charge in [-0.05, 0) is 42.0 Å². The number of aromatic nitrogens is 2. The van der Waals surface area contributed by atoms with E-state index in [4.69, 9.17) is 9.47 Å². The molecule has 0 spiro atoms. The Morgan fingerprint density at radius 1 is 1.00 bits per heavy atom. The van der Waals surface area contributed by atoms with Crippen molar-refractivity contribution >= 4 is 0 Å². The average molecular weight is 340 g/mol. The van der Waals surface area contributed by atoms with Gasteiger partial charge in [0.1, 0.15) is 5.82 Å². The molecule has 0 saturated heterocycles. The lowest BCUT2D eigenvalue weighted by Crippen LogP contribution is -2.22. The van der Waals surface area contributed by atoms with Crippen molar-refractivity contribution in [2.45, 2.75) is 6.54 Å². The lowest BCUT2D eigenvalue weighted by molar-refractivity contribution is 0.355. The second-order valence-corrected chi connectivity index (χ2v) is 5.41. The van der Waals surface area contributed by atoms with Crippen LogP contribution < -0.4 is 15.0 Å². The molecule has 0 atom stereocenters. The van der Waals surface area contributed by atoms with Gasteiger partial charge in [-0.3, -0.25) is 4.79 Å². The SMILES string of the molecule is COc1ccc(-c2ccc(=O)n(Cc3cccc(F)c3)n2)cc1OC. The summed E-state index contributed by atoms with van der Waals surface area (Å²) >= 11 is 0. The van der Waals surface area contributed by atoms with Crippen LogP contribution in [-0.2, 0) is 6.54 Å². The Hall–Kier alpha value is -3.15. The highest BCUT2D eigenvalue weighted by molar-refractivity contribution is 5.63. The number of nitrogens with zero attached hydrogens (tertiary/aromatic N) is 2. The molecule has 3 rings (SSSR count). The van der Waals surface area contributed by atoms with Gasteiger partial charge in [0.05, 0.1) is 26.5 Å². The first-order valence-electron chi connectivity index (χ1n) is 7.65. The minimum Gasteiger partial charge on any atom is -0.493 e. The molecule has 1 heterocycles. The normalized spacial score (nSPS) is 10.5. The van der Waals surface area contributed by atoms with E-state index in [2.05, 4.69) is 5.10 Å². The molecule has 0 N–H and O–H groups in total.